The molecule has 8 aromatic rings. The summed E-state index contributed by atoms with van der Waals surface area (Å²) in [6, 6.07) is 45.1. The molecule has 186 valence electrons. The van der Waals surface area contributed by atoms with E-state index in [0.717, 1.165) is 28.1 Å². The van der Waals surface area contributed by atoms with Gasteiger partial charge in [-0.2, -0.15) is 0 Å². The summed E-state index contributed by atoms with van der Waals surface area (Å²) in [6.07, 6.45) is 3.58. The summed E-state index contributed by atoms with van der Waals surface area (Å²) in [4.78, 5) is 14.4. The second kappa shape index (κ2) is 9.11. The second-order valence-corrected chi connectivity index (χ2v) is 10.1. The minimum absolute atomic E-state index is 0.686. The molecule has 6 aromatic carbocycles. The van der Waals surface area contributed by atoms with E-state index in [2.05, 4.69) is 120 Å². The van der Waals surface area contributed by atoms with Crippen LogP contribution in [0.1, 0.15) is 0 Å². The van der Waals surface area contributed by atoms with E-state index in [1.165, 1.54) is 43.1 Å². The SMILES string of the molecule is c1ccc2cc3c(-c4cc(-c5ccc6c(ccc7ccccc76)c5)nc(-c5ccncc5)n4)cccc3cc2c1. The highest BCUT2D eigenvalue weighted by molar-refractivity contribution is 6.08. The Morgan fingerprint density at radius 3 is 1.93 bits per heavy atom. The highest BCUT2D eigenvalue weighted by atomic mass is 14.9. The number of rotatable bonds is 3. The van der Waals surface area contributed by atoms with Gasteiger partial charge in [0, 0.05) is 29.1 Å². The van der Waals surface area contributed by atoms with Crippen molar-refractivity contribution in [2.24, 2.45) is 0 Å². The summed E-state index contributed by atoms with van der Waals surface area (Å²) in [5.74, 6) is 0.686. The van der Waals surface area contributed by atoms with Gasteiger partial charge in [-0.3, -0.25) is 4.98 Å². The number of nitrogens with zero attached hydrogens (tertiary/aromatic N) is 3. The molecule has 0 saturated carbocycles. The fraction of sp³-hybridized carbons (Fsp3) is 0. The van der Waals surface area contributed by atoms with E-state index in [-0.39, 0.29) is 0 Å². The van der Waals surface area contributed by atoms with Crippen molar-refractivity contribution in [2.45, 2.75) is 0 Å². The summed E-state index contributed by atoms with van der Waals surface area (Å²) in [5, 5.41) is 9.76. The summed E-state index contributed by atoms with van der Waals surface area (Å²) in [5.41, 5.74) is 4.89. The standard InChI is InChI=1S/C37H23N3/c1-2-8-27-22-34-28(20-26(27)7-1)9-5-11-33(34)36-23-35(39-37(40-36)25-16-18-38-19-17-25)30-14-15-32-29(21-30)13-12-24-6-3-4-10-31(24)32/h1-23H. The van der Waals surface area contributed by atoms with Crippen LogP contribution in [0.5, 0.6) is 0 Å². The highest BCUT2D eigenvalue weighted by Crippen LogP contribution is 2.35. The van der Waals surface area contributed by atoms with Crippen molar-refractivity contribution < 1.29 is 0 Å². The van der Waals surface area contributed by atoms with Crippen molar-refractivity contribution >= 4 is 43.1 Å². The van der Waals surface area contributed by atoms with Gasteiger partial charge in [0.25, 0.3) is 0 Å². The fourth-order valence-corrected chi connectivity index (χ4v) is 5.73. The lowest BCUT2D eigenvalue weighted by Gasteiger charge is -2.13. The minimum atomic E-state index is 0.686. The molecule has 2 aromatic heterocycles. The lowest BCUT2D eigenvalue weighted by molar-refractivity contribution is 1.18. The zero-order valence-electron chi connectivity index (χ0n) is 21.6. The predicted molar refractivity (Wildman–Crippen MR) is 166 cm³/mol. The van der Waals surface area contributed by atoms with Gasteiger partial charge in [0.1, 0.15) is 0 Å². The average Bonchev–Trinajstić information content (AvgIpc) is 3.03. The van der Waals surface area contributed by atoms with E-state index in [9.17, 15) is 0 Å². The first-order valence-electron chi connectivity index (χ1n) is 13.4. The molecule has 2 heterocycles. The van der Waals surface area contributed by atoms with E-state index < -0.39 is 0 Å². The average molecular weight is 510 g/mol. The third-order valence-electron chi connectivity index (χ3n) is 7.73. The third kappa shape index (κ3) is 3.79. The maximum atomic E-state index is 5.09. The van der Waals surface area contributed by atoms with Crippen LogP contribution in [0.25, 0.3) is 77.0 Å². The summed E-state index contributed by atoms with van der Waals surface area (Å²) < 4.78 is 0. The molecule has 0 radical (unpaired) electrons. The number of aromatic nitrogens is 3. The molecule has 0 spiro atoms. The first-order chi connectivity index (χ1) is 19.8. The molecule has 3 nitrogen and oxygen atoms in total. The molecule has 0 N–H and O–H groups in total. The normalized spacial score (nSPS) is 11.5. The number of fused-ring (bicyclic) bond motifs is 5. The monoisotopic (exact) mass is 509 g/mol. The molecule has 0 amide bonds. The Balaban J connectivity index is 1.36. The van der Waals surface area contributed by atoms with E-state index >= 15 is 0 Å². The first kappa shape index (κ1) is 22.6. The van der Waals surface area contributed by atoms with Crippen molar-refractivity contribution in [3.63, 3.8) is 0 Å². The molecule has 40 heavy (non-hydrogen) atoms. The number of pyridine rings is 1. The lowest BCUT2D eigenvalue weighted by Crippen LogP contribution is -1.96. The Hall–Kier alpha value is -5.41. The minimum Gasteiger partial charge on any atom is -0.265 e. The Bertz CT molecular complexity index is 2220. The maximum Gasteiger partial charge on any atom is 0.160 e. The Labute approximate surface area is 231 Å². The van der Waals surface area contributed by atoms with Gasteiger partial charge in [-0.1, -0.05) is 91.0 Å². The van der Waals surface area contributed by atoms with Crippen LogP contribution in [-0.4, -0.2) is 15.0 Å². The van der Waals surface area contributed by atoms with E-state index in [1.54, 1.807) is 12.4 Å². The zero-order valence-corrected chi connectivity index (χ0v) is 21.6. The number of hydrogen-bond donors (Lipinski definition) is 0. The van der Waals surface area contributed by atoms with E-state index in [0.29, 0.717) is 5.82 Å². The van der Waals surface area contributed by atoms with Gasteiger partial charge in [0.05, 0.1) is 11.4 Å². The van der Waals surface area contributed by atoms with Gasteiger partial charge in [0.2, 0.25) is 0 Å². The molecule has 3 heteroatoms. The molecule has 0 unspecified atom stereocenters. The predicted octanol–water partition coefficient (Wildman–Crippen LogP) is 9.49. The highest BCUT2D eigenvalue weighted by Gasteiger charge is 2.14. The molecule has 0 bridgehead atoms. The van der Waals surface area contributed by atoms with Crippen LogP contribution >= 0.6 is 0 Å². The van der Waals surface area contributed by atoms with Crippen LogP contribution in [0.15, 0.2) is 140 Å². The molecular formula is C37H23N3. The first-order valence-corrected chi connectivity index (χ1v) is 13.4. The Morgan fingerprint density at radius 2 is 1.05 bits per heavy atom. The third-order valence-corrected chi connectivity index (χ3v) is 7.73. The van der Waals surface area contributed by atoms with Crippen LogP contribution in [0.3, 0.4) is 0 Å². The number of hydrogen-bond acceptors (Lipinski definition) is 3. The van der Waals surface area contributed by atoms with Crippen molar-refractivity contribution in [3.8, 4) is 33.9 Å². The molecule has 0 fully saturated rings. The lowest BCUT2D eigenvalue weighted by atomic mass is 9.96. The van der Waals surface area contributed by atoms with E-state index in [4.69, 9.17) is 9.97 Å². The summed E-state index contributed by atoms with van der Waals surface area (Å²) in [6.45, 7) is 0. The Kier molecular flexibility index (Phi) is 5.14. The van der Waals surface area contributed by atoms with Gasteiger partial charge < -0.3 is 0 Å². The van der Waals surface area contributed by atoms with Crippen LogP contribution in [-0.2, 0) is 0 Å². The van der Waals surface area contributed by atoms with Crippen molar-refractivity contribution in [2.75, 3.05) is 0 Å². The largest absolute Gasteiger partial charge is 0.265 e. The smallest absolute Gasteiger partial charge is 0.160 e. The quantitative estimate of drug-likeness (QED) is 0.176. The van der Waals surface area contributed by atoms with E-state index in [1.807, 2.05) is 12.1 Å². The van der Waals surface area contributed by atoms with Gasteiger partial charge in [-0.25, -0.2) is 9.97 Å². The van der Waals surface area contributed by atoms with Crippen LogP contribution in [0, 0.1) is 0 Å². The Morgan fingerprint density at radius 1 is 0.375 bits per heavy atom. The molecule has 0 aliphatic rings. The summed E-state index contributed by atoms with van der Waals surface area (Å²) >= 11 is 0. The van der Waals surface area contributed by atoms with Crippen molar-refractivity contribution in [3.05, 3.63) is 140 Å². The number of benzene rings is 6. The van der Waals surface area contributed by atoms with Crippen molar-refractivity contribution in [1.29, 1.82) is 0 Å². The van der Waals surface area contributed by atoms with Crippen molar-refractivity contribution in [1.82, 2.24) is 15.0 Å². The fourth-order valence-electron chi connectivity index (χ4n) is 5.73. The van der Waals surface area contributed by atoms with Crippen LogP contribution < -0.4 is 0 Å². The zero-order chi connectivity index (χ0) is 26.5. The van der Waals surface area contributed by atoms with Gasteiger partial charge in [-0.05, 0) is 79.5 Å². The van der Waals surface area contributed by atoms with Gasteiger partial charge in [0.15, 0.2) is 5.82 Å². The summed E-state index contributed by atoms with van der Waals surface area (Å²) in [7, 11) is 0. The molecule has 0 atom stereocenters. The molecule has 8 rings (SSSR count). The maximum absolute atomic E-state index is 5.09. The van der Waals surface area contributed by atoms with Crippen LogP contribution in [0.2, 0.25) is 0 Å². The second-order valence-electron chi connectivity index (χ2n) is 10.1. The topological polar surface area (TPSA) is 38.7 Å². The van der Waals surface area contributed by atoms with Gasteiger partial charge in [-0.15, -0.1) is 0 Å². The van der Waals surface area contributed by atoms with Crippen LogP contribution in [0.4, 0.5) is 0 Å². The molecule has 0 aliphatic carbocycles. The molecular weight excluding hydrogens is 486 g/mol. The van der Waals surface area contributed by atoms with Gasteiger partial charge >= 0.3 is 0 Å². The molecule has 0 saturated heterocycles. The molecule has 0 aliphatic heterocycles.